The summed E-state index contributed by atoms with van der Waals surface area (Å²) in [6.45, 7) is 1.08. The molecule has 4 nitrogen and oxygen atoms in total. The maximum Gasteiger partial charge on any atom is 0.122 e. The van der Waals surface area contributed by atoms with Crippen LogP contribution in [0.5, 0.6) is 11.5 Å². The van der Waals surface area contributed by atoms with Crippen LogP contribution in [0.1, 0.15) is 64.2 Å². The number of ether oxygens (including phenoxy) is 2. The monoisotopic (exact) mass is 408 g/mol. The van der Waals surface area contributed by atoms with Gasteiger partial charge in [-0.05, 0) is 74.2 Å². The van der Waals surface area contributed by atoms with E-state index < -0.39 is 0 Å². The minimum atomic E-state index is 0.539. The molecule has 2 aromatic carbocycles. The van der Waals surface area contributed by atoms with E-state index in [9.17, 15) is 0 Å². The fourth-order valence-electron chi connectivity index (χ4n) is 4.58. The predicted molar refractivity (Wildman–Crippen MR) is 125 cm³/mol. The minimum absolute atomic E-state index is 0.539. The molecule has 0 saturated heterocycles. The zero-order valence-electron chi connectivity index (χ0n) is 18.1. The summed E-state index contributed by atoms with van der Waals surface area (Å²) in [5, 5.41) is 7.28. The largest absolute Gasteiger partial charge is 0.490 e. The molecule has 4 heteroatoms. The Labute approximate surface area is 181 Å². The Hall–Kier alpha value is -2.36. The van der Waals surface area contributed by atoms with Crippen LogP contribution in [0.2, 0.25) is 0 Å². The van der Waals surface area contributed by atoms with Gasteiger partial charge in [0.2, 0.25) is 0 Å². The predicted octanol–water partition coefficient (Wildman–Crippen LogP) is 6.63. The Morgan fingerprint density at radius 3 is 1.27 bits per heavy atom. The van der Waals surface area contributed by atoms with Gasteiger partial charge in [0.25, 0.3) is 0 Å². The Kier molecular flexibility index (Phi) is 7.76. The van der Waals surface area contributed by atoms with Crippen LogP contribution in [0.4, 0.5) is 11.4 Å². The molecule has 0 bridgehead atoms. The van der Waals surface area contributed by atoms with Crippen molar-refractivity contribution in [3.05, 3.63) is 48.5 Å². The number of hydrogen-bond donors (Lipinski definition) is 2. The van der Waals surface area contributed by atoms with Gasteiger partial charge in [-0.2, -0.15) is 0 Å². The third-order valence-electron chi connectivity index (χ3n) is 6.28. The van der Waals surface area contributed by atoms with Crippen molar-refractivity contribution in [2.24, 2.45) is 0 Å². The van der Waals surface area contributed by atoms with Crippen molar-refractivity contribution < 1.29 is 9.47 Å². The first kappa shape index (κ1) is 20.9. The summed E-state index contributed by atoms with van der Waals surface area (Å²) in [6.07, 6.45) is 13.3. The zero-order valence-corrected chi connectivity index (χ0v) is 18.1. The zero-order chi connectivity index (χ0) is 20.4. The molecule has 0 heterocycles. The fraction of sp³-hybridized carbons (Fsp3) is 0.538. The van der Waals surface area contributed by atoms with Gasteiger partial charge >= 0.3 is 0 Å². The molecule has 0 atom stereocenters. The molecule has 2 N–H and O–H groups in total. The molecule has 0 spiro atoms. The van der Waals surface area contributed by atoms with Gasteiger partial charge in [0, 0.05) is 23.5 Å². The van der Waals surface area contributed by atoms with Crippen LogP contribution >= 0.6 is 0 Å². The molecule has 2 aliphatic rings. The summed E-state index contributed by atoms with van der Waals surface area (Å²) in [5.74, 6) is 1.78. The molecule has 30 heavy (non-hydrogen) atoms. The van der Waals surface area contributed by atoms with E-state index >= 15 is 0 Å². The molecule has 162 valence electrons. The second kappa shape index (κ2) is 11.1. The number of nitrogens with one attached hydrogen (secondary N) is 2. The standard InChI is InChI=1S/C26H36N2O2/c1-3-7-21(8-4-1)27-23-11-15-25(16-12-23)29-19-20-30-26-17-13-24(14-18-26)28-22-9-5-2-6-10-22/h11-18,21-22,27-28H,1-10,19-20H2. The van der Waals surface area contributed by atoms with Gasteiger partial charge in [-0.25, -0.2) is 0 Å². The number of benzene rings is 2. The van der Waals surface area contributed by atoms with E-state index in [1.54, 1.807) is 0 Å². The van der Waals surface area contributed by atoms with Crippen molar-refractivity contribution in [1.29, 1.82) is 0 Å². The van der Waals surface area contributed by atoms with E-state index in [1.807, 2.05) is 24.3 Å². The van der Waals surface area contributed by atoms with Crippen LogP contribution in [0, 0.1) is 0 Å². The van der Waals surface area contributed by atoms with Crippen molar-refractivity contribution in [3.63, 3.8) is 0 Å². The summed E-state index contributed by atoms with van der Waals surface area (Å²) >= 11 is 0. The quantitative estimate of drug-likeness (QED) is 0.457. The Bertz CT molecular complexity index is 667. The summed E-state index contributed by atoms with van der Waals surface area (Å²) < 4.78 is 11.7. The Balaban J connectivity index is 1.14. The van der Waals surface area contributed by atoms with Gasteiger partial charge in [0.05, 0.1) is 0 Å². The maximum atomic E-state index is 5.83. The second-order valence-electron chi connectivity index (χ2n) is 8.70. The van der Waals surface area contributed by atoms with Crippen molar-refractivity contribution >= 4 is 11.4 Å². The lowest BCUT2D eigenvalue weighted by Crippen LogP contribution is -2.22. The first-order valence-corrected chi connectivity index (χ1v) is 11.8. The van der Waals surface area contributed by atoms with Gasteiger partial charge in [-0.1, -0.05) is 38.5 Å². The van der Waals surface area contributed by atoms with Gasteiger partial charge in [-0.15, -0.1) is 0 Å². The maximum absolute atomic E-state index is 5.83. The van der Waals surface area contributed by atoms with E-state index in [1.165, 1.54) is 75.6 Å². The molecule has 0 aromatic heterocycles. The molecule has 0 unspecified atom stereocenters. The van der Waals surface area contributed by atoms with Crippen LogP contribution in [-0.4, -0.2) is 25.3 Å². The lowest BCUT2D eigenvalue weighted by molar-refractivity contribution is 0.217. The van der Waals surface area contributed by atoms with Crippen LogP contribution in [0.15, 0.2) is 48.5 Å². The van der Waals surface area contributed by atoms with Crippen molar-refractivity contribution in [2.45, 2.75) is 76.3 Å². The van der Waals surface area contributed by atoms with Gasteiger partial charge < -0.3 is 20.1 Å². The molecule has 2 aromatic rings. The molecular formula is C26H36N2O2. The number of rotatable bonds is 9. The molecular weight excluding hydrogens is 372 g/mol. The third-order valence-corrected chi connectivity index (χ3v) is 6.28. The number of anilines is 2. The smallest absolute Gasteiger partial charge is 0.122 e. The topological polar surface area (TPSA) is 42.5 Å². The summed E-state index contributed by atoms with van der Waals surface area (Å²) in [5.41, 5.74) is 2.37. The summed E-state index contributed by atoms with van der Waals surface area (Å²) in [6, 6.07) is 17.9. The molecule has 2 fully saturated rings. The average Bonchev–Trinajstić information content (AvgIpc) is 2.80. The Morgan fingerprint density at radius 1 is 0.533 bits per heavy atom. The highest BCUT2D eigenvalue weighted by Gasteiger charge is 2.13. The molecule has 2 saturated carbocycles. The van der Waals surface area contributed by atoms with Gasteiger partial charge in [0.15, 0.2) is 0 Å². The van der Waals surface area contributed by atoms with Gasteiger partial charge in [0.1, 0.15) is 24.7 Å². The minimum Gasteiger partial charge on any atom is -0.490 e. The second-order valence-corrected chi connectivity index (χ2v) is 8.70. The number of hydrogen-bond acceptors (Lipinski definition) is 4. The van der Waals surface area contributed by atoms with E-state index in [0.29, 0.717) is 25.3 Å². The first-order chi connectivity index (χ1) is 14.8. The molecule has 0 radical (unpaired) electrons. The van der Waals surface area contributed by atoms with Crippen LogP contribution < -0.4 is 20.1 Å². The molecule has 0 aliphatic heterocycles. The van der Waals surface area contributed by atoms with E-state index in [0.717, 1.165) is 11.5 Å². The van der Waals surface area contributed by atoms with E-state index in [-0.39, 0.29) is 0 Å². The lowest BCUT2D eigenvalue weighted by atomic mass is 9.95. The van der Waals surface area contributed by atoms with E-state index in [2.05, 4.69) is 34.9 Å². The lowest BCUT2D eigenvalue weighted by Gasteiger charge is -2.24. The van der Waals surface area contributed by atoms with Crippen molar-refractivity contribution in [3.8, 4) is 11.5 Å². The van der Waals surface area contributed by atoms with Crippen molar-refractivity contribution in [1.82, 2.24) is 0 Å². The first-order valence-electron chi connectivity index (χ1n) is 11.8. The highest BCUT2D eigenvalue weighted by molar-refractivity contribution is 5.48. The molecule has 2 aliphatic carbocycles. The fourth-order valence-corrected chi connectivity index (χ4v) is 4.58. The summed E-state index contributed by atoms with van der Waals surface area (Å²) in [4.78, 5) is 0. The summed E-state index contributed by atoms with van der Waals surface area (Å²) in [7, 11) is 0. The molecule has 0 amide bonds. The van der Waals surface area contributed by atoms with Crippen molar-refractivity contribution in [2.75, 3.05) is 23.8 Å². The SMILES string of the molecule is c1cc(OCCOc2ccc(NC3CCCCC3)cc2)ccc1NC1CCCCC1. The molecule has 4 rings (SSSR count). The van der Waals surface area contributed by atoms with Crippen LogP contribution in [0.3, 0.4) is 0 Å². The van der Waals surface area contributed by atoms with Crippen LogP contribution in [-0.2, 0) is 0 Å². The highest BCUT2D eigenvalue weighted by atomic mass is 16.5. The normalized spacial score (nSPS) is 18.0. The van der Waals surface area contributed by atoms with E-state index in [4.69, 9.17) is 9.47 Å². The van der Waals surface area contributed by atoms with Crippen LogP contribution in [0.25, 0.3) is 0 Å². The Morgan fingerprint density at radius 2 is 0.900 bits per heavy atom. The highest BCUT2D eigenvalue weighted by Crippen LogP contribution is 2.24. The average molecular weight is 409 g/mol. The third kappa shape index (κ3) is 6.58. The van der Waals surface area contributed by atoms with Gasteiger partial charge in [-0.3, -0.25) is 0 Å².